The summed E-state index contributed by atoms with van der Waals surface area (Å²) < 4.78 is 0. The average molecular weight is 303 g/mol. The highest BCUT2D eigenvalue weighted by Gasteiger charge is 2.23. The van der Waals surface area contributed by atoms with Crippen LogP contribution in [0.2, 0.25) is 0 Å². The van der Waals surface area contributed by atoms with Gasteiger partial charge < -0.3 is 15.5 Å². The van der Waals surface area contributed by atoms with Gasteiger partial charge in [-0.05, 0) is 32.7 Å². The van der Waals surface area contributed by atoms with E-state index in [0.29, 0.717) is 12.0 Å². The zero-order valence-corrected chi connectivity index (χ0v) is 13.4. The van der Waals surface area contributed by atoms with Crippen LogP contribution < -0.4 is 15.5 Å². The number of hydrogen-bond donors (Lipinski definition) is 2. The molecule has 2 N–H and O–H groups in total. The highest BCUT2D eigenvalue weighted by molar-refractivity contribution is 5.73. The molecule has 2 saturated heterocycles. The first kappa shape index (κ1) is 15.2. The lowest BCUT2D eigenvalue weighted by atomic mass is 10.0. The highest BCUT2D eigenvalue weighted by Crippen LogP contribution is 2.25. The lowest BCUT2D eigenvalue weighted by Gasteiger charge is -2.33. The molecule has 2 aliphatic heterocycles. The minimum atomic E-state index is 0.0624. The normalized spacial score (nSPS) is 22.8. The van der Waals surface area contributed by atoms with Crippen molar-refractivity contribution in [1.82, 2.24) is 20.6 Å². The van der Waals surface area contributed by atoms with Crippen LogP contribution in [0, 0.1) is 6.92 Å². The van der Waals surface area contributed by atoms with Crippen molar-refractivity contribution in [3.63, 3.8) is 0 Å². The molecule has 120 valence electrons. The van der Waals surface area contributed by atoms with E-state index < -0.39 is 0 Å². The van der Waals surface area contributed by atoms with E-state index in [1.807, 2.05) is 6.92 Å². The molecule has 1 unspecified atom stereocenters. The van der Waals surface area contributed by atoms with Gasteiger partial charge in [0.05, 0.1) is 5.69 Å². The van der Waals surface area contributed by atoms with Gasteiger partial charge >= 0.3 is 0 Å². The molecule has 2 fully saturated rings. The Morgan fingerprint density at radius 2 is 2.09 bits per heavy atom. The maximum atomic E-state index is 11.1. The van der Waals surface area contributed by atoms with E-state index in [1.54, 1.807) is 6.92 Å². The second-order valence-electron chi connectivity index (χ2n) is 6.35. The fourth-order valence-electron chi connectivity index (χ4n) is 3.39. The average Bonchev–Trinajstić information content (AvgIpc) is 3.01. The Morgan fingerprint density at radius 1 is 1.32 bits per heavy atom. The molecule has 0 aromatic carbocycles. The summed E-state index contributed by atoms with van der Waals surface area (Å²) in [5, 5.41) is 6.41. The van der Waals surface area contributed by atoms with Crippen molar-refractivity contribution < 1.29 is 4.79 Å². The second kappa shape index (κ2) is 6.60. The summed E-state index contributed by atoms with van der Waals surface area (Å²) in [4.78, 5) is 22.7. The molecule has 0 aliphatic carbocycles. The molecule has 1 amide bonds. The molecule has 0 bridgehead atoms. The van der Waals surface area contributed by atoms with Crippen LogP contribution in [-0.4, -0.2) is 48.1 Å². The van der Waals surface area contributed by atoms with Crippen molar-refractivity contribution in [2.24, 2.45) is 0 Å². The number of nitrogens with zero attached hydrogens (tertiary/aromatic N) is 3. The zero-order chi connectivity index (χ0) is 15.5. The van der Waals surface area contributed by atoms with Crippen molar-refractivity contribution in [3.05, 3.63) is 17.6 Å². The molecule has 6 heteroatoms. The SMILES string of the molecule is CC(=O)NC1CCN(c2cc(C3CCNC3)nc(C)n2)CC1. The Morgan fingerprint density at radius 3 is 2.73 bits per heavy atom. The number of carbonyl (C=O) groups excluding carboxylic acids is 1. The van der Waals surface area contributed by atoms with Crippen LogP contribution in [0.3, 0.4) is 0 Å². The van der Waals surface area contributed by atoms with Crippen LogP contribution >= 0.6 is 0 Å². The Kier molecular flexibility index (Phi) is 4.57. The molecule has 0 spiro atoms. The molecule has 22 heavy (non-hydrogen) atoms. The molecule has 0 saturated carbocycles. The number of aryl methyl sites for hydroxylation is 1. The van der Waals surface area contributed by atoms with Gasteiger partial charge in [-0.2, -0.15) is 0 Å². The van der Waals surface area contributed by atoms with Crippen LogP contribution in [0.25, 0.3) is 0 Å². The van der Waals surface area contributed by atoms with E-state index in [1.165, 1.54) is 0 Å². The highest BCUT2D eigenvalue weighted by atomic mass is 16.1. The van der Waals surface area contributed by atoms with Gasteiger partial charge in [-0.1, -0.05) is 0 Å². The topological polar surface area (TPSA) is 70.2 Å². The predicted octanol–water partition coefficient (Wildman–Crippen LogP) is 0.967. The van der Waals surface area contributed by atoms with Gasteiger partial charge in [0.2, 0.25) is 5.91 Å². The largest absolute Gasteiger partial charge is 0.356 e. The number of hydrogen-bond acceptors (Lipinski definition) is 5. The molecule has 0 radical (unpaired) electrons. The van der Waals surface area contributed by atoms with Gasteiger partial charge in [0.15, 0.2) is 0 Å². The summed E-state index contributed by atoms with van der Waals surface area (Å²) in [7, 11) is 0. The van der Waals surface area contributed by atoms with Crippen molar-refractivity contribution in [2.75, 3.05) is 31.1 Å². The number of carbonyl (C=O) groups is 1. The first-order valence-corrected chi connectivity index (χ1v) is 8.20. The molecule has 3 rings (SSSR count). The van der Waals surface area contributed by atoms with E-state index in [9.17, 15) is 4.79 Å². The molecule has 1 aromatic heterocycles. The number of anilines is 1. The summed E-state index contributed by atoms with van der Waals surface area (Å²) in [6.45, 7) is 7.51. The first-order valence-electron chi connectivity index (χ1n) is 8.20. The summed E-state index contributed by atoms with van der Waals surface area (Å²) in [5.41, 5.74) is 1.16. The van der Waals surface area contributed by atoms with Crippen molar-refractivity contribution in [3.8, 4) is 0 Å². The van der Waals surface area contributed by atoms with E-state index >= 15 is 0 Å². The summed E-state index contributed by atoms with van der Waals surface area (Å²) in [5.74, 6) is 2.46. The van der Waals surface area contributed by atoms with Crippen molar-refractivity contribution in [1.29, 1.82) is 0 Å². The molecule has 3 heterocycles. The smallest absolute Gasteiger partial charge is 0.217 e. The van der Waals surface area contributed by atoms with E-state index in [4.69, 9.17) is 0 Å². The van der Waals surface area contributed by atoms with Gasteiger partial charge in [0.25, 0.3) is 0 Å². The summed E-state index contributed by atoms with van der Waals surface area (Å²) in [6, 6.07) is 2.46. The minimum Gasteiger partial charge on any atom is -0.356 e. The maximum absolute atomic E-state index is 11.1. The third kappa shape index (κ3) is 3.55. The molecular formula is C16H25N5O. The maximum Gasteiger partial charge on any atom is 0.217 e. The van der Waals surface area contributed by atoms with Crippen molar-refractivity contribution >= 4 is 11.7 Å². The van der Waals surface area contributed by atoms with Crippen LogP contribution in [0.5, 0.6) is 0 Å². The van der Waals surface area contributed by atoms with Gasteiger partial charge in [-0.25, -0.2) is 9.97 Å². The van der Waals surface area contributed by atoms with Crippen LogP contribution in [0.15, 0.2) is 6.07 Å². The number of amides is 1. The first-order chi connectivity index (χ1) is 10.6. The fourth-order valence-corrected chi connectivity index (χ4v) is 3.39. The third-order valence-corrected chi connectivity index (χ3v) is 4.55. The monoisotopic (exact) mass is 303 g/mol. The lowest BCUT2D eigenvalue weighted by molar-refractivity contribution is -0.119. The molecule has 6 nitrogen and oxygen atoms in total. The van der Waals surface area contributed by atoms with Crippen LogP contribution in [-0.2, 0) is 4.79 Å². The van der Waals surface area contributed by atoms with E-state index in [0.717, 1.165) is 62.8 Å². The molecule has 1 atom stereocenters. The third-order valence-electron chi connectivity index (χ3n) is 4.55. The number of piperidine rings is 1. The van der Waals surface area contributed by atoms with Crippen molar-refractivity contribution in [2.45, 2.75) is 45.1 Å². The molecular weight excluding hydrogens is 278 g/mol. The number of nitrogens with one attached hydrogen (secondary N) is 2. The predicted molar refractivity (Wildman–Crippen MR) is 86.0 cm³/mol. The van der Waals surface area contributed by atoms with E-state index in [2.05, 4.69) is 31.6 Å². The van der Waals surface area contributed by atoms with E-state index in [-0.39, 0.29) is 5.91 Å². The Balaban J connectivity index is 1.68. The molecule has 2 aliphatic rings. The fraction of sp³-hybridized carbons (Fsp3) is 0.688. The van der Waals surface area contributed by atoms with Gasteiger partial charge in [-0.3, -0.25) is 4.79 Å². The Bertz CT molecular complexity index is 533. The van der Waals surface area contributed by atoms with Gasteiger partial charge in [-0.15, -0.1) is 0 Å². The quantitative estimate of drug-likeness (QED) is 0.870. The second-order valence-corrected chi connectivity index (χ2v) is 6.35. The standard InChI is InChI=1S/C16H25N5O/c1-11-18-15(13-3-6-17-10-13)9-16(19-11)21-7-4-14(5-8-21)20-12(2)22/h9,13-14,17H,3-8,10H2,1-2H3,(H,20,22). The Labute approximate surface area is 131 Å². The van der Waals surface area contributed by atoms with Gasteiger partial charge in [0.1, 0.15) is 11.6 Å². The molecule has 1 aromatic rings. The minimum absolute atomic E-state index is 0.0624. The van der Waals surface area contributed by atoms with Crippen LogP contribution in [0.4, 0.5) is 5.82 Å². The number of aromatic nitrogens is 2. The summed E-state index contributed by atoms with van der Waals surface area (Å²) in [6.07, 6.45) is 3.10. The number of rotatable bonds is 3. The van der Waals surface area contributed by atoms with Crippen LogP contribution in [0.1, 0.15) is 43.6 Å². The zero-order valence-electron chi connectivity index (χ0n) is 13.4. The summed E-state index contributed by atoms with van der Waals surface area (Å²) >= 11 is 0. The van der Waals surface area contributed by atoms with Gasteiger partial charge in [0, 0.05) is 44.6 Å². The Hall–Kier alpha value is -1.69. The lowest BCUT2D eigenvalue weighted by Crippen LogP contribution is -2.44.